The van der Waals surface area contributed by atoms with Crippen molar-refractivity contribution in [2.24, 2.45) is 0 Å². The van der Waals surface area contributed by atoms with Crippen molar-refractivity contribution < 1.29 is 9.47 Å². The van der Waals surface area contributed by atoms with Crippen LogP contribution in [-0.4, -0.2) is 6.61 Å². The molecule has 20 heavy (non-hydrogen) atoms. The smallest absolute Gasteiger partial charge is 0.134 e. The highest BCUT2D eigenvalue weighted by atomic mass is 79.9. The van der Waals surface area contributed by atoms with Crippen LogP contribution in [0, 0.1) is 0 Å². The van der Waals surface area contributed by atoms with Crippen LogP contribution in [0.15, 0.2) is 40.9 Å². The number of nitrogens with two attached hydrogens (primary N) is 1. The number of ether oxygens (including phenoxy) is 2. The van der Waals surface area contributed by atoms with Gasteiger partial charge in [-0.15, -0.1) is 0 Å². The molecule has 2 N–H and O–H groups in total. The SMILES string of the molecule is CCOc1ccc(N)cc1COc1ccc(Cl)cc1Br. The maximum absolute atomic E-state index is 5.90. The van der Waals surface area contributed by atoms with Crippen LogP contribution >= 0.6 is 27.5 Å². The molecule has 0 aromatic heterocycles. The Hall–Kier alpha value is -1.39. The molecular formula is C15H15BrClNO2. The van der Waals surface area contributed by atoms with Crippen molar-refractivity contribution in [3.05, 3.63) is 51.5 Å². The van der Waals surface area contributed by atoms with Gasteiger partial charge < -0.3 is 15.2 Å². The van der Waals surface area contributed by atoms with Gasteiger partial charge in [0, 0.05) is 16.3 Å². The summed E-state index contributed by atoms with van der Waals surface area (Å²) in [7, 11) is 0. The van der Waals surface area contributed by atoms with Gasteiger partial charge in [-0.2, -0.15) is 0 Å². The number of halogens is 2. The molecule has 3 nitrogen and oxygen atoms in total. The van der Waals surface area contributed by atoms with Crippen molar-refractivity contribution in [3.63, 3.8) is 0 Å². The van der Waals surface area contributed by atoms with Gasteiger partial charge in [-0.25, -0.2) is 0 Å². The molecule has 0 radical (unpaired) electrons. The average molecular weight is 357 g/mol. The molecule has 0 bridgehead atoms. The Kier molecular flexibility index (Phi) is 5.15. The molecular weight excluding hydrogens is 342 g/mol. The van der Waals surface area contributed by atoms with E-state index in [-0.39, 0.29) is 0 Å². The molecule has 5 heteroatoms. The lowest BCUT2D eigenvalue weighted by atomic mass is 10.2. The Labute approximate surface area is 131 Å². The van der Waals surface area contributed by atoms with E-state index in [1.165, 1.54) is 0 Å². The van der Waals surface area contributed by atoms with E-state index in [9.17, 15) is 0 Å². The van der Waals surface area contributed by atoms with Crippen LogP contribution in [0.25, 0.3) is 0 Å². The van der Waals surface area contributed by atoms with E-state index in [2.05, 4.69) is 15.9 Å². The van der Waals surface area contributed by atoms with Gasteiger partial charge in [-0.1, -0.05) is 11.6 Å². The van der Waals surface area contributed by atoms with Crippen LogP contribution < -0.4 is 15.2 Å². The molecule has 2 aromatic rings. The number of rotatable bonds is 5. The topological polar surface area (TPSA) is 44.5 Å². The second-order valence-corrected chi connectivity index (χ2v) is 5.45. The number of hydrogen-bond donors (Lipinski definition) is 1. The first kappa shape index (κ1) is 15.0. The Morgan fingerprint density at radius 1 is 1.10 bits per heavy atom. The fourth-order valence-electron chi connectivity index (χ4n) is 1.76. The van der Waals surface area contributed by atoms with Crippen LogP contribution in [0.1, 0.15) is 12.5 Å². The second kappa shape index (κ2) is 6.86. The highest BCUT2D eigenvalue weighted by Gasteiger charge is 2.07. The third-order valence-corrected chi connectivity index (χ3v) is 3.52. The highest BCUT2D eigenvalue weighted by Crippen LogP contribution is 2.30. The van der Waals surface area contributed by atoms with E-state index in [0.717, 1.165) is 21.5 Å². The molecule has 2 rings (SSSR count). The number of nitrogen functional groups attached to an aromatic ring is 1. The van der Waals surface area contributed by atoms with Gasteiger partial charge in [0.1, 0.15) is 18.1 Å². The van der Waals surface area contributed by atoms with E-state index in [4.69, 9.17) is 26.8 Å². The number of hydrogen-bond acceptors (Lipinski definition) is 3. The molecule has 106 valence electrons. The van der Waals surface area contributed by atoms with Crippen molar-refractivity contribution in [1.29, 1.82) is 0 Å². The third-order valence-electron chi connectivity index (χ3n) is 2.66. The Bertz CT molecular complexity index is 604. The van der Waals surface area contributed by atoms with Crippen LogP contribution in [0.4, 0.5) is 5.69 Å². The summed E-state index contributed by atoms with van der Waals surface area (Å²) in [4.78, 5) is 0. The van der Waals surface area contributed by atoms with E-state index in [1.54, 1.807) is 12.1 Å². The highest BCUT2D eigenvalue weighted by molar-refractivity contribution is 9.10. The minimum Gasteiger partial charge on any atom is -0.493 e. The van der Waals surface area contributed by atoms with Gasteiger partial charge in [-0.05, 0) is 59.3 Å². The van der Waals surface area contributed by atoms with Crippen LogP contribution in [0.5, 0.6) is 11.5 Å². The molecule has 0 amide bonds. The Morgan fingerprint density at radius 3 is 2.55 bits per heavy atom. The monoisotopic (exact) mass is 355 g/mol. The second-order valence-electron chi connectivity index (χ2n) is 4.16. The Balaban J connectivity index is 2.15. The summed E-state index contributed by atoms with van der Waals surface area (Å²) in [6, 6.07) is 10.9. The molecule has 0 aliphatic heterocycles. The molecule has 0 spiro atoms. The molecule has 0 fully saturated rings. The lowest BCUT2D eigenvalue weighted by molar-refractivity contribution is 0.285. The molecule has 0 saturated heterocycles. The summed E-state index contributed by atoms with van der Waals surface area (Å²) in [5.74, 6) is 1.51. The normalized spacial score (nSPS) is 10.3. The van der Waals surface area contributed by atoms with Gasteiger partial charge in [0.05, 0.1) is 11.1 Å². The van der Waals surface area contributed by atoms with Gasteiger partial charge in [0.15, 0.2) is 0 Å². The van der Waals surface area contributed by atoms with E-state index in [0.29, 0.717) is 23.9 Å². The van der Waals surface area contributed by atoms with Crippen molar-refractivity contribution >= 4 is 33.2 Å². The first-order chi connectivity index (χ1) is 9.60. The van der Waals surface area contributed by atoms with Crippen molar-refractivity contribution in [3.8, 4) is 11.5 Å². The zero-order chi connectivity index (χ0) is 14.5. The fraction of sp³-hybridized carbons (Fsp3) is 0.200. The van der Waals surface area contributed by atoms with Gasteiger partial charge in [-0.3, -0.25) is 0 Å². The third kappa shape index (κ3) is 3.81. The van der Waals surface area contributed by atoms with E-state index in [1.807, 2.05) is 31.2 Å². The summed E-state index contributed by atoms with van der Waals surface area (Å²) in [6.45, 7) is 2.92. The summed E-state index contributed by atoms with van der Waals surface area (Å²) < 4.78 is 12.2. The standard InChI is InChI=1S/C15H15BrClNO2/c1-2-19-14-6-4-12(18)7-10(14)9-20-15-5-3-11(17)8-13(15)16/h3-8H,2,9,18H2,1H3. The van der Waals surface area contributed by atoms with Gasteiger partial charge in [0.2, 0.25) is 0 Å². The molecule has 2 aromatic carbocycles. The van der Waals surface area contributed by atoms with E-state index >= 15 is 0 Å². The van der Waals surface area contributed by atoms with E-state index < -0.39 is 0 Å². The summed E-state index contributed by atoms with van der Waals surface area (Å²) >= 11 is 9.32. The first-order valence-electron chi connectivity index (χ1n) is 6.19. The maximum Gasteiger partial charge on any atom is 0.134 e. The minimum absolute atomic E-state index is 0.376. The summed E-state index contributed by atoms with van der Waals surface area (Å²) in [6.07, 6.45) is 0. The first-order valence-corrected chi connectivity index (χ1v) is 7.36. The summed E-state index contributed by atoms with van der Waals surface area (Å²) in [5.41, 5.74) is 7.40. The van der Waals surface area contributed by atoms with Crippen LogP contribution in [-0.2, 0) is 6.61 Å². The predicted octanol–water partition coefficient (Wildman–Crippen LogP) is 4.66. The number of anilines is 1. The zero-order valence-electron chi connectivity index (χ0n) is 11.0. The zero-order valence-corrected chi connectivity index (χ0v) is 13.4. The molecule has 0 aliphatic rings. The van der Waals surface area contributed by atoms with Crippen LogP contribution in [0.2, 0.25) is 5.02 Å². The Morgan fingerprint density at radius 2 is 1.85 bits per heavy atom. The molecule has 0 unspecified atom stereocenters. The van der Waals surface area contributed by atoms with Crippen molar-refractivity contribution in [1.82, 2.24) is 0 Å². The number of benzene rings is 2. The quantitative estimate of drug-likeness (QED) is 0.792. The lowest BCUT2D eigenvalue weighted by Gasteiger charge is -2.13. The summed E-state index contributed by atoms with van der Waals surface area (Å²) in [5, 5.41) is 0.656. The fourth-order valence-corrected chi connectivity index (χ4v) is 2.55. The van der Waals surface area contributed by atoms with Crippen molar-refractivity contribution in [2.75, 3.05) is 12.3 Å². The van der Waals surface area contributed by atoms with Crippen molar-refractivity contribution in [2.45, 2.75) is 13.5 Å². The molecule has 0 saturated carbocycles. The predicted molar refractivity (Wildman–Crippen MR) is 85.5 cm³/mol. The minimum atomic E-state index is 0.376. The molecule has 0 atom stereocenters. The van der Waals surface area contributed by atoms with Crippen LogP contribution in [0.3, 0.4) is 0 Å². The maximum atomic E-state index is 5.90. The molecule has 0 aliphatic carbocycles. The van der Waals surface area contributed by atoms with Gasteiger partial charge in [0.25, 0.3) is 0 Å². The molecule has 0 heterocycles. The van der Waals surface area contributed by atoms with Gasteiger partial charge >= 0.3 is 0 Å². The lowest BCUT2D eigenvalue weighted by Crippen LogP contribution is -2.02. The average Bonchev–Trinajstić information content (AvgIpc) is 2.41. The largest absolute Gasteiger partial charge is 0.493 e.